The van der Waals surface area contributed by atoms with Crippen LogP contribution in [0.25, 0.3) is 0 Å². The van der Waals surface area contributed by atoms with Crippen molar-refractivity contribution in [2.75, 3.05) is 13.7 Å². The van der Waals surface area contributed by atoms with Crippen molar-refractivity contribution in [3.8, 4) is 5.75 Å². The number of esters is 1. The summed E-state index contributed by atoms with van der Waals surface area (Å²) >= 11 is 5.74. The van der Waals surface area contributed by atoms with Crippen molar-refractivity contribution in [3.63, 3.8) is 0 Å². The normalized spacial score (nSPS) is 11.5. The van der Waals surface area contributed by atoms with Crippen LogP contribution in [0.3, 0.4) is 0 Å². The lowest BCUT2D eigenvalue weighted by atomic mass is 10.3. The highest BCUT2D eigenvalue weighted by Gasteiger charge is 2.14. The van der Waals surface area contributed by atoms with E-state index >= 15 is 0 Å². The first kappa shape index (κ1) is 15.3. The van der Waals surface area contributed by atoms with Gasteiger partial charge in [0.05, 0.1) is 13.5 Å². The van der Waals surface area contributed by atoms with Gasteiger partial charge in [0.25, 0.3) is 5.91 Å². The molecule has 0 saturated carbocycles. The molecule has 0 spiro atoms. The Morgan fingerprint density at radius 3 is 2.53 bits per heavy atom. The van der Waals surface area contributed by atoms with Crippen molar-refractivity contribution >= 4 is 23.5 Å². The van der Waals surface area contributed by atoms with E-state index in [0.717, 1.165) is 0 Å². The molecule has 6 heteroatoms. The molecule has 1 aromatic carbocycles. The van der Waals surface area contributed by atoms with Gasteiger partial charge < -0.3 is 14.8 Å². The molecule has 5 nitrogen and oxygen atoms in total. The third-order valence-corrected chi connectivity index (χ3v) is 2.60. The highest BCUT2D eigenvalue weighted by atomic mass is 35.5. The van der Waals surface area contributed by atoms with Gasteiger partial charge in [-0.25, -0.2) is 0 Å². The summed E-state index contributed by atoms with van der Waals surface area (Å²) < 4.78 is 9.89. The number of carbonyl (C=O) groups excluding carboxylic acids is 2. The molecule has 0 aliphatic rings. The van der Waals surface area contributed by atoms with Gasteiger partial charge in [-0.3, -0.25) is 9.59 Å². The average Bonchev–Trinajstić information content (AvgIpc) is 2.40. The van der Waals surface area contributed by atoms with Crippen molar-refractivity contribution < 1.29 is 19.1 Å². The molecule has 0 aliphatic carbocycles. The van der Waals surface area contributed by atoms with Crippen LogP contribution in [-0.2, 0) is 14.3 Å². The maximum Gasteiger partial charge on any atom is 0.307 e. The van der Waals surface area contributed by atoms with Gasteiger partial charge in [-0.15, -0.1) is 0 Å². The topological polar surface area (TPSA) is 64.6 Å². The number of hydrogen-bond donors (Lipinski definition) is 1. The van der Waals surface area contributed by atoms with Crippen LogP contribution in [-0.4, -0.2) is 31.6 Å². The second-order valence-corrected chi connectivity index (χ2v) is 4.27. The summed E-state index contributed by atoms with van der Waals surface area (Å²) in [5.74, 6) is -0.106. The standard InChI is InChI=1S/C13H16ClNO4/c1-9(13(17)15-8-7-12(16)18-2)19-11-5-3-10(14)4-6-11/h3-6,9H,7-8H2,1-2H3,(H,15,17). The Balaban J connectivity index is 2.36. The van der Waals surface area contributed by atoms with E-state index in [4.69, 9.17) is 16.3 Å². The molecule has 104 valence electrons. The Labute approximate surface area is 116 Å². The zero-order valence-electron chi connectivity index (χ0n) is 10.8. The molecule has 1 amide bonds. The van der Waals surface area contributed by atoms with Gasteiger partial charge in [0, 0.05) is 11.6 Å². The number of ether oxygens (including phenoxy) is 2. The number of hydrogen-bond acceptors (Lipinski definition) is 4. The maximum absolute atomic E-state index is 11.7. The predicted octanol–water partition coefficient (Wildman–Crippen LogP) is 1.79. The van der Waals surface area contributed by atoms with Crippen LogP contribution in [0.4, 0.5) is 0 Å². The second-order valence-electron chi connectivity index (χ2n) is 3.83. The fourth-order valence-electron chi connectivity index (χ4n) is 1.30. The van der Waals surface area contributed by atoms with Crippen LogP contribution in [0.2, 0.25) is 5.02 Å². The lowest BCUT2D eigenvalue weighted by molar-refractivity contribution is -0.140. The number of carbonyl (C=O) groups is 2. The van der Waals surface area contributed by atoms with Crippen LogP contribution >= 0.6 is 11.6 Å². The highest BCUT2D eigenvalue weighted by Crippen LogP contribution is 2.16. The molecule has 0 saturated heterocycles. The van der Waals surface area contributed by atoms with E-state index in [2.05, 4.69) is 10.1 Å². The fourth-order valence-corrected chi connectivity index (χ4v) is 1.43. The van der Waals surface area contributed by atoms with E-state index in [0.29, 0.717) is 10.8 Å². The van der Waals surface area contributed by atoms with Gasteiger partial charge >= 0.3 is 5.97 Å². The van der Waals surface area contributed by atoms with Crippen LogP contribution in [0.5, 0.6) is 5.75 Å². The predicted molar refractivity (Wildman–Crippen MR) is 71.2 cm³/mol. The zero-order valence-corrected chi connectivity index (χ0v) is 11.6. The minimum Gasteiger partial charge on any atom is -0.481 e. The van der Waals surface area contributed by atoms with Crippen molar-refractivity contribution in [1.82, 2.24) is 5.32 Å². The van der Waals surface area contributed by atoms with Crippen molar-refractivity contribution in [2.24, 2.45) is 0 Å². The Bertz CT molecular complexity index is 433. The molecule has 1 aromatic rings. The number of benzene rings is 1. The Morgan fingerprint density at radius 2 is 1.95 bits per heavy atom. The Kier molecular flexibility index (Phi) is 6.15. The summed E-state index contributed by atoms with van der Waals surface area (Å²) in [7, 11) is 1.30. The monoisotopic (exact) mass is 285 g/mol. The molecule has 19 heavy (non-hydrogen) atoms. The summed E-state index contributed by atoms with van der Waals surface area (Å²) in [6.07, 6.45) is -0.519. The van der Waals surface area contributed by atoms with E-state index in [1.165, 1.54) is 7.11 Å². The van der Waals surface area contributed by atoms with Crippen LogP contribution < -0.4 is 10.1 Å². The first-order valence-corrected chi connectivity index (χ1v) is 6.17. The van der Waals surface area contributed by atoms with Crippen LogP contribution in [0.1, 0.15) is 13.3 Å². The second kappa shape index (κ2) is 7.63. The number of amides is 1. The van der Waals surface area contributed by atoms with Gasteiger partial charge in [0.15, 0.2) is 6.10 Å². The van der Waals surface area contributed by atoms with E-state index in [9.17, 15) is 9.59 Å². The summed E-state index contributed by atoms with van der Waals surface area (Å²) in [4.78, 5) is 22.5. The molecule has 0 fully saturated rings. The highest BCUT2D eigenvalue weighted by molar-refractivity contribution is 6.30. The summed E-state index contributed by atoms with van der Waals surface area (Å²) in [6, 6.07) is 6.72. The van der Waals surface area contributed by atoms with Gasteiger partial charge in [-0.2, -0.15) is 0 Å². The maximum atomic E-state index is 11.7. The first-order valence-electron chi connectivity index (χ1n) is 5.79. The molecule has 0 bridgehead atoms. The minimum atomic E-state index is -0.654. The van der Waals surface area contributed by atoms with Gasteiger partial charge in [0.1, 0.15) is 5.75 Å². The molecular weight excluding hydrogens is 270 g/mol. The molecule has 1 rings (SSSR count). The van der Waals surface area contributed by atoms with Gasteiger partial charge in [0.2, 0.25) is 0 Å². The van der Waals surface area contributed by atoms with E-state index in [1.807, 2.05) is 0 Å². The Morgan fingerprint density at radius 1 is 1.32 bits per heavy atom. The molecule has 0 aromatic heterocycles. The molecule has 1 atom stereocenters. The lowest BCUT2D eigenvalue weighted by Gasteiger charge is -2.14. The minimum absolute atomic E-state index is 0.135. The summed E-state index contributed by atoms with van der Waals surface area (Å²) in [5, 5.41) is 3.19. The lowest BCUT2D eigenvalue weighted by Crippen LogP contribution is -2.37. The molecule has 0 aliphatic heterocycles. The van der Waals surface area contributed by atoms with Crippen molar-refractivity contribution in [3.05, 3.63) is 29.3 Å². The van der Waals surface area contributed by atoms with Gasteiger partial charge in [-0.05, 0) is 31.2 Å². The summed E-state index contributed by atoms with van der Waals surface area (Å²) in [6.45, 7) is 1.85. The first-order chi connectivity index (χ1) is 9.02. The van der Waals surface area contributed by atoms with Crippen LogP contribution in [0.15, 0.2) is 24.3 Å². The number of nitrogens with one attached hydrogen (secondary N) is 1. The number of halogens is 1. The summed E-state index contributed by atoms with van der Waals surface area (Å²) in [5.41, 5.74) is 0. The molecular formula is C13H16ClNO4. The largest absolute Gasteiger partial charge is 0.481 e. The number of methoxy groups -OCH3 is 1. The molecule has 0 radical (unpaired) electrons. The van der Waals surface area contributed by atoms with Crippen molar-refractivity contribution in [1.29, 1.82) is 0 Å². The molecule has 0 heterocycles. The van der Waals surface area contributed by atoms with Gasteiger partial charge in [-0.1, -0.05) is 11.6 Å². The fraction of sp³-hybridized carbons (Fsp3) is 0.385. The van der Waals surface area contributed by atoms with Crippen LogP contribution in [0, 0.1) is 0 Å². The zero-order chi connectivity index (χ0) is 14.3. The van der Waals surface area contributed by atoms with E-state index in [-0.39, 0.29) is 24.8 Å². The van der Waals surface area contributed by atoms with Crippen molar-refractivity contribution in [2.45, 2.75) is 19.4 Å². The molecule has 1 unspecified atom stereocenters. The SMILES string of the molecule is COC(=O)CCNC(=O)C(C)Oc1ccc(Cl)cc1. The number of rotatable bonds is 6. The third kappa shape index (κ3) is 5.61. The smallest absolute Gasteiger partial charge is 0.307 e. The molecule has 1 N–H and O–H groups in total. The van der Waals surface area contributed by atoms with E-state index < -0.39 is 6.10 Å². The quantitative estimate of drug-likeness (QED) is 0.809. The third-order valence-electron chi connectivity index (χ3n) is 2.35. The van der Waals surface area contributed by atoms with E-state index in [1.54, 1.807) is 31.2 Å². The average molecular weight is 286 g/mol. The Hall–Kier alpha value is -1.75.